The lowest BCUT2D eigenvalue weighted by Gasteiger charge is -2.15. The van der Waals surface area contributed by atoms with E-state index in [1.165, 1.54) is 0 Å². The molecule has 0 aliphatic heterocycles. The van der Waals surface area contributed by atoms with E-state index in [1.807, 2.05) is 13.8 Å². The Bertz CT molecular complexity index is 384. The minimum absolute atomic E-state index is 0.0961. The van der Waals surface area contributed by atoms with E-state index in [0.29, 0.717) is 23.8 Å². The van der Waals surface area contributed by atoms with Crippen LogP contribution in [0.2, 0.25) is 0 Å². The second-order valence-electron chi connectivity index (χ2n) is 4.25. The first-order chi connectivity index (χ1) is 8.60. The summed E-state index contributed by atoms with van der Waals surface area (Å²) in [5.41, 5.74) is 0.734. The molecule has 1 unspecified atom stereocenters. The molecule has 0 fully saturated rings. The number of nitrogens with one attached hydrogen (secondary N) is 1. The first kappa shape index (κ1) is 15.3. The van der Waals surface area contributed by atoms with E-state index in [0.717, 1.165) is 17.2 Å². The highest BCUT2D eigenvalue weighted by Gasteiger charge is 2.20. The van der Waals surface area contributed by atoms with Gasteiger partial charge >= 0.3 is 0 Å². The Morgan fingerprint density at radius 1 is 1.56 bits per heavy atom. The quantitative estimate of drug-likeness (QED) is 0.781. The van der Waals surface area contributed by atoms with E-state index in [4.69, 9.17) is 16.3 Å². The van der Waals surface area contributed by atoms with Gasteiger partial charge in [0.1, 0.15) is 4.88 Å². The SMILES string of the molecule is COCCC(CCl)NC(=O)c1snnc1C(C)C. The van der Waals surface area contributed by atoms with Gasteiger partial charge in [0, 0.05) is 25.6 Å². The highest BCUT2D eigenvalue weighted by atomic mass is 35.5. The van der Waals surface area contributed by atoms with Crippen molar-refractivity contribution in [1.82, 2.24) is 14.9 Å². The maximum absolute atomic E-state index is 12.1. The van der Waals surface area contributed by atoms with Crippen LogP contribution in [0.3, 0.4) is 0 Å². The van der Waals surface area contributed by atoms with Gasteiger partial charge in [-0.3, -0.25) is 4.79 Å². The fraction of sp³-hybridized carbons (Fsp3) is 0.727. The van der Waals surface area contributed by atoms with Crippen LogP contribution in [0.4, 0.5) is 0 Å². The molecule has 1 heterocycles. The van der Waals surface area contributed by atoms with Crippen LogP contribution in [0.15, 0.2) is 0 Å². The van der Waals surface area contributed by atoms with E-state index in [2.05, 4.69) is 14.9 Å². The zero-order chi connectivity index (χ0) is 13.5. The molecule has 1 amide bonds. The number of carbonyl (C=O) groups is 1. The van der Waals surface area contributed by atoms with Crippen LogP contribution in [0.5, 0.6) is 0 Å². The van der Waals surface area contributed by atoms with Crippen molar-refractivity contribution < 1.29 is 9.53 Å². The topological polar surface area (TPSA) is 64.1 Å². The van der Waals surface area contributed by atoms with Crippen LogP contribution in [0.1, 0.15) is 41.6 Å². The maximum atomic E-state index is 12.1. The van der Waals surface area contributed by atoms with Crippen molar-refractivity contribution in [3.05, 3.63) is 10.6 Å². The van der Waals surface area contributed by atoms with Crippen LogP contribution < -0.4 is 5.32 Å². The molecule has 0 aliphatic rings. The predicted octanol–water partition coefficient (Wildman–Crippen LogP) is 2.04. The largest absolute Gasteiger partial charge is 0.385 e. The maximum Gasteiger partial charge on any atom is 0.265 e. The van der Waals surface area contributed by atoms with Crippen molar-refractivity contribution in [2.45, 2.75) is 32.2 Å². The molecule has 1 aromatic heterocycles. The standard InChI is InChI=1S/C11H18ClN3O2S/c1-7(2)9-10(18-15-14-9)11(16)13-8(6-12)4-5-17-3/h7-8H,4-6H2,1-3H3,(H,13,16). The second-order valence-corrected chi connectivity index (χ2v) is 5.31. The van der Waals surface area contributed by atoms with E-state index in [9.17, 15) is 4.79 Å². The van der Waals surface area contributed by atoms with Crippen LogP contribution in [0, 0.1) is 0 Å². The summed E-state index contributed by atoms with van der Waals surface area (Å²) < 4.78 is 8.81. The Kier molecular flexibility index (Phi) is 6.52. The molecule has 1 atom stereocenters. The third kappa shape index (κ3) is 4.19. The third-order valence-corrected chi connectivity index (χ3v) is 3.57. The number of methoxy groups -OCH3 is 1. The van der Waals surface area contributed by atoms with Gasteiger partial charge < -0.3 is 10.1 Å². The molecule has 0 spiro atoms. The molecule has 0 aliphatic carbocycles. The Balaban J connectivity index is 2.66. The van der Waals surface area contributed by atoms with Crippen molar-refractivity contribution in [2.24, 2.45) is 0 Å². The summed E-state index contributed by atoms with van der Waals surface area (Å²) in [5, 5.41) is 6.86. The molecule has 102 valence electrons. The number of hydrogen-bond donors (Lipinski definition) is 1. The molecule has 0 saturated carbocycles. The van der Waals surface area contributed by atoms with Crippen molar-refractivity contribution in [3.63, 3.8) is 0 Å². The molecule has 1 N–H and O–H groups in total. The average Bonchev–Trinajstić information content (AvgIpc) is 2.83. The van der Waals surface area contributed by atoms with Crippen molar-refractivity contribution in [1.29, 1.82) is 0 Å². The Labute approximate surface area is 116 Å². The number of ether oxygens (including phenoxy) is 1. The molecular weight excluding hydrogens is 274 g/mol. The Morgan fingerprint density at radius 3 is 2.83 bits per heavy atom. The smallest absolute Gasteiger partial charge is 0.265 e. The molecule has 1 aromatic rings. The van der Waals surface area contributed by atoms with Crippen molar-refractivity contribution in [2.75, 3.05) is 19.6 Å². The minimum Gasteiger partial charge on any atom is -0.385 e. The number of amides is 1. The summed E-state index contributed by atoms with van der Waals surface area (Å²) in [6, 6.07) is -0.0961. The lowest BCUT2D eigenvalue weighted by molar-refractivity contribution is 0.0933. The molecule has 5 nitrogen and oxygen atoms in total. The number of nitrogens with zero attached hydrogens (tertiary/aromatic N) is 2. The molecule has 0 bridgehead atoms. The van der Waals surface area contributed by atoms with Crippen LogP contribution in [-0.2, 0) is 4.74 Å². The summed E-state index contributed by atoms with van der Waals surface area (Å²) in [7, 11) is 1.62. The van der Waals surface area contributed by atoms with Gasteiger partial charge in [0.15, 0.2) is 0 Å². The van der Waals surface area contributed by atoms with E-state index in [1.54, 1.807) is 7.11 Å². The lowest BCUT2D eigenvalue weighted by atomic mass is 10.1. The number of alkyl halides is 1. The Hall–Kier alpha value is -0.720. The molecular formula is C11H18ClN3O2S. The fourth-order valence-corrected chi connectivity index (χ4v) is 2.39. The van der Waals surface area contributed by atoms with Crippen molar-refractivity contribution >= 4 is 29.0 Å². The van der Waals surface area contributed by atoms with Gasteiger partial charge in [-0.1, -0.05) is 18.3 Å². The molecule has 1 rings (SSSR count). The number of halogens is 1. The summed E-state index contributed by atoms with van der Waals surface area (Å²) in [4.78, 5) is 12.7. The van der Waals surface area contributed by atoms with Crippen molar-refractivity contribution in [3.8, 4) is 0 Å². The van der Waals surface area contributed by atoms with Gasteiger partial charge in [-0.2, -0.15) is 0 Å². The summed E-state index contributed by atoms with van der Waals surface area (Å²) in [5.74, 6) is 0.381. The van der Waals surface area contributed by atoms with Gasteiger partial charge in [0.25, 0.3) is 5.91 Å². The van der Waals surface area contributed by atoms with E-state index < -0.39 is 0 Å². The zero-order valence-corrected chi connectivity index (χ0v) is 12.3. The van der Waals surface area contributed by atoms with Gasteiger partial charge in [-0.25, -0.2) is 0 Å². The monoisotopic (exact) mass is 291 g/mol. The fourth-order valence-electron chi connectivity index (χ4n) is 1.43. The lowest BCUT2D eigenvalue weighted by Crippen LogP contribution is -2.37. The molecule has 0 aromatic carbocycles. The highest BCUT2D eigenvalue weighted by molar-refractivity contribution is 7.08. The molecule has 7 heteroatoms. The average molecular weight is 292 g/mol. The van der Waals surface area contributed by atoms with Gasteiger partial charge in [-0.05, 0) is 23.9 Å². The summed E-state index contributed by atoms with van der Waals surface area (Å²) in [6.07, 6.45) is 0.689. The van der Waals surface area contributed by atoms with E-state index in [-0.39, 0.29) is 17.9 Å². The minimum atomic E-state index is -0.157. The highest BCUT2D eigenvalue weighted by Crippen LogP contribution is 2.19. The first-order valence-corrected chi connectivity index (χ1v) is 7.09. The number of carbonyl (C=O) groups excluding carboxylic acids is 1. The normalized spacial score (nSPS) is 12.7. The number of aromatic nitrogens is 2. The van der Waals surface area contributed by atoms with Crippen LogP contribution in [0.25, 0.3) is 0 Å². The molecule has 0 radical (unpaired) electrons. The van der Waals surface area contributed by atoms with E-state index >= 15 is 0 Å². The van der Waals surface area contributed by atoms with Gasteiger partial charge in [0.2, 0.25) is 0 Å². The van der Waals surface area contributed by atoms with Gasteiger partial charge in [0.05, 0.1) is 5.69 Å². The number of hydrogen-bond acceptors (Lipinski definition) is 5. The molecule has 18 heavy (non-hydrogen) atoms. The third-order valence-electron chi connectivity index (χ3n) is 2.46. The summed E-state index contributed by atoms with van der Waals surface area (Å²) in [6.45, 7) is 4.53. The van der Waals surface area contributed by atoms with Gasteiger partial charge in [-0.15, -0.1) is 16.7 Å². The number of rotatable bonds is 7. The second kappa shape index (κ2) is 7.66. The predicted molar refractivity (Wildman–Crippen MR) is 72.5 cm³/mol. The molecule has 0 saturated heterocycles. The van der Waals surface area contributed by atoms with Crippen LogP contribution in [-0.4, -0.2) is 41.1 Å². The van der Waals surface area contributed by atoms with Crippen LogP contribution >= 0.6 is 23.1 Å². The first-order valence-electron chi connectivity index (χ1n) is 5.78. The summed E-state index contributed by atoms with van der Waals surface area (Å²) >= 11 is 6.93. The Morgan fingerprint density at radius 2 is 2.28 bits per heavy atom. The zero-order valence-electron chi connectivity index (χ0n) is 10.8.